The van der Waals surface area contributed by atoms with Crippen LogP contribution in [-0.2, 0) is 4.79 Å². The highest BCUT2D eigenvalue weighted by atomic mass is 35.5. The number of halogens is 3. The highest BCUT2D eigenvalue weighted by molar-refractivity contribution is 7.21. The molecular formula is C20H21Cl3N2O2S. The fraction of sp³-hybridized carbons (Fsp3) is 0.500. The minimum Gasteiger partial charge on any atom is -0.343 e. The number of hydrogen-bond donors (Lipinski definition) is 0. The first kappa shape index (κ1) is 20.3. The molecule has 2 amide bonds. The molecule has 8 heteroatoms. The van der Waals surface area contributed by atoms with Gasteiger partial charge >= 0.3 is 0 Å². The molecule has 28 heavy (non-hydrogen) atoms. The quantitative estimate of drug-likeness (QED) is 0.588. The number of rotatable bonds is 3. The van der Waals surface area contributed by atoms with Gasteiger partial charge in [-0.3, -0.25) is 9.59 Å². The van der Waals surface area contributed by atoms with Gasteiger partial charge in [-0.1, -0.05) is 34.8 Å². The van der Waals surface area contributed by atoms with Crippen molar-refractivity contribution in [3.05, 3.63) is 32.1 Å². The average Bonchev–Trinajstić information content (AvgIpc) is 3.30. The Bertz CT molecular complexity index is 916. The minimum atomic E-state index is -0.0669. The number of piperidine rings is 1. The second kappa shape index (κ2) is 8.39. The molecule has 0 N–H and O–H groups in total. The number of likely N-dealkylation sites (tertiary alicyclic amines) is 2. The topological polar surface area (TPSA) is 40.6 Å². The van der Waals surface area contributed by atoms with Gasteiger partial charge in [-0.15, -0.1) is 11.3 Å². The van der Waals surface area contributed by atoms with E-state index in [2.05, 4.69) is 0 Å². The zero-order valence-corrected chi connectivity index (χ0v) is 18.4. The van der Waals surface area contributed by atoms with E-state index in [0.29, 0.717) is 50.8 Å². The molecule has 2 aliphatic rings. The van der Waals surface area contributed by atoms with Gasteiger partial charge in [0.15, 0.2) is 0 Å². The average molecular weight is 460 g/mol. The largest absolute Gasteiger partial charge is 0.343 e. The summed E-state index contributed by atoms with van der Waals surface area (Å²) >= 11 is 20.2. The summed E-state index contributed by atoms with van der Waals surface area (Å²) in [7, 11) is 0. The third-order valence-electron chi connectivity index (χ3n) is 5.67. The van der Waals surface area contributed by atoms with Crippen molar-refractivity contribution in [2.75, 3.05) is 26.2 Å². The zero-order chi connectivity index (χ0) is 19.8. The number of carbonyl (C=O) groups excluding carboxylic acids is 2. The van der Waals surface area contributed by atoms with E-state index in [1.165, 1.54) is 11.3 Å². The van der Waals surface area contributed by atoms with E-state index in [0.717, 1.165) is 43.5 Å². The summed E-state index contributed by atoms with van der Waals surface area (Å²) in [5.41, 5.74) is 0. The second-order valence-electron chi connectivity index (χ2n) is 7.53. The van der Waals surface area contributed by atoms with Gasteiger partial charge in [0.1, 0.15) is 4.88 Å². The number of benzene rings is 1. The second-order valence-corrected chi connectivity index (χ2v) is 9.81. The van der Waals surface area contributed by atoms with E-state index in [-0.39, 0.29) is 11.8 Å². The highest BCUT2D eigenvalue weighted by Gasteiger charge is 2.29. The van der Waals surface area contributed by atoms with Crippen LogP contribution in [0.5, 0.6) is 0 Å². The van der Waals surface area contributed by atoms with Crippen molar-refractivity contribution in [2.24, 2.45) is 5.92 Å². The van der Waals surface area contributed by atoms with Crippen LogP contribution in [0.3, 0.4) is 0 Å². The lowest BCUT2D eigenvalue weighted by molar-refractivity contribution is -0.131. The third kappa shape index (κ3) is 4.00. The Labute approximate surface area is 183 Å². The molecule has 0 unspecified atom stereocenters. The van der Waals surface area contributed by atoms with Crippen LogP contribution in [-0.4, -0.2) is 47.8 Å². The molecule has 3 heterocycles. The number of amides is 2. The van der Waals surface area contributed by atoms with Crippen molar-refractivity contribution in [3.8, 4) is 0 Å². The van der Waals surface area contributed by atoms with Crippen molar-refractivity contribution in [1.29, 1.82) is 0 Å². The maximum absolute atomic E-state index is 13.0. The molecule has 0 spiro atoms. The number of hydrogen-bond acceptors (Lipinski definition) is 3. The summed E-state index contributed by atoms with van der Waals surface area (Å²) < 4.78 is 0.817. The molecule has 4 nitrogen and oxygen atoms in total. The van der Waals surface area contributed by atoms with E-state index in [9.17, 15) is 9.59 Å². The lowest BCUT2D eigenvalue weighted by atomic mass is 9.93. The van der Waals surface area contributed by atoms with E-state index in [1.807, 2.05) is 9.80 Å². The van der Waals surface area contributed by atoms with Crippen LogP contribution in [0.2, 0.25) is 15.1 Å². The van der Waals surface area contributed by atoms with E-state index < -0.39 is 0 Å². The Morgan fingerprint density at radius 3 is 2.36 bits per heavy atom. The molecule has 0 bridgehead atoms. The monoisotopic (exact) mass is 458 g/mol. The minimum absolute atomic E-state index is 0.0669. The molecule has 2 aliphatic heterocycles. The maximum Gasteiger partial charge on any atom is 0.265 e. The Kier molecular flexibility index (Phi) is 6.07. The highest BCUT2D eigenvalue weighted by Crippen LogP contribution is 2.42. The van der Waals surface area contributed by atoms with Crippen LogP contribution in [0, 0.1) is 5.92 Å². The summed E-state index contributed by atoms with van der Waals surface area (Å²) in [6, 6.07) is 3.42. The molecule has 150 valence electrons. The molecule has 2 fully saturated rings. The van der Waals surface area contributed by atoms with Gasteiger partial charge in [0.05, 0.1) is 10.0 Å². The number of fused-ring (bicyclic) bond motifs is 1. The SMILES string of the molecule is O=C(CC1CCN(C(=O)c2sc3cc(Cl)cc(Cl)c3c2Cl)CC1)N1CCCC1. The van der Waals surface area contributed by atoms with Crippen LogP contribution in [0.1, 0.15) is 41.8 Å². The van der Waals surface area contributed by atoms with Gasteiger partial charge < -0.3 is 9.80 Å². The molecular weight excluding hydrogens is 439 g/mol. The Hall–Kier alpha value is -1.01. The summed E-state index contributed by atoms with van der Waals surface area (Å²) in [5, 5.41) is 2.07. The Morgan fingerprint density at radius 1 is 1.00 bits per heavy atom. The maximum atomic E-state index is 13.0. The van der Waals surface area contributed by atoms with E-state index >= 15 is 0 Å². The van der Waals surface area contributed by atoms with Crippen molar-refractivity contribution in [1.82, 2.24) is 9.80 Å². The summed E-state index contributed by atoms with van der Waals surface area (Å²) in [4.78, 5) is 29.7. The van der Waals surface area contributed by atoms with Crippen LogP contribution >= 0.6 is 46.1 Å². The normalized spacial score (nSPS) is 18.2. The lowest BCUT2D eigenvalue weighted by Gasteiger charge is -2.32. The van der Waals surface area contributed by atoms with Gasteiger partial charge in [0, 0.05) is 47.7 Å². The van der Waals surface area contributed by atoms with Gasteiger partial charge in [-0.25, -0.2) is 0 Å². The fourth-order valence-electron chi connectivity index (χ4n) is 4.08. The number of thiophene rings is 1. The number of nitrogens with zero attached hydrogens (tertiary/aromatic N) is 2. The Balaban J connectivity index is 1.41. The first-order valence-corrected chi connectivity index (χ1v) is 11.5. The van der Waals surface area contributed by atoms with Gasteiger partial charge in [0.25, 0.3) is 5.91 Å². The molecule has 0 aliphatic carbocycles. The van der Waals surface area contributed by atoms with E-state index in [1.54, 1.807) is 12.1 Å². The fourth-order valence-corrected chi connectivity index (χ4v) is 6.42. The van der Waals surface area contributed by atoms with Crippen molar-refractivity contribution in [2.45, 2.75) is 32.1 Å². The van der Waals surface area contributed by atoms with Gasteiger partial charge in [-0.2, -0.15) is 0 Å². The first-order valence-electron chi connectivity index (χ1n) is 9.58. The van der Waals surface area contributed by atoms with Crippen molar-refractivity contribution < 1.29 is 9.59 Å². The molecule has 2 aromatic rings. The molecule has 0 radical (unpaired) electrons. The van der Waals surface area contributed by atoms with Crippen molar-refractivity contribution >= 4 is 68.0 Å². The Morgan fingerprint density at radius 2 is 1.68 bits per heavy atom. The van der Waals surface area contributed by atoms with Gasteiger partial charge in [-0.05, 0) is 43.7 Å². The molecule has 0 saturated carbocycles. The standard InChI is InChI=1S/C20H21Cl3N2O2S/c21-13-10-14(22)17-15(11-13)28-19(18(17)23)20(27)25-7-3-12(4-8-25)9-16(26)24-5-1-2-6-24/h10-12H,1-9H2. The summed E-state index contributed by atoms with van der Waals surface area (Å²) in [5.74, 6) is 0.548. The van der Waals surface area contributed by atoms with Crippen LogP contribution in [0.4, 0.5) is 0 Å². The molecule has 1 aromatic heterocycles. The van der Waals surface area contributed by atoms with Crippen LogP contribution < -0.4 is 0 Å². The van der Waals surface area contributed by atoms with Crippen molar-refractivity contribution in [3.63, 3.8) is 0 Å². The van der Waals surface area contributed by atoms with Crippen LogP contribution in [0.15, 0.2) is 12.1 Å². The lowest BCUT2D eigenvalue weighted by Crippen LogP contribution is -2.39. The predicted octanol–water partition coefficient (Wildman–Crippen LogP) is 5.73. The summed E-state index contributed by atoms with van der Waals surface area (Å²) in [6.07, 6.45) is 4.52. The zero-order valence-electron chi connectivity index (χ0n) is 15.3. The molecule has 0 atom stereocenters. The molecule has 2 saturated heterocycles. The number of carbonyl (C=O) groups is 2. The van der Waals surface area contributed by atoms with Gasteiger partial charge in [0.2, 0.25) is 5.91 Å². The molecule has 4 rings (SSSR count). The smallest absolute Gasteiger partial charge is 0.265 e. The first-order chi connectivity index (χ1) is 13.4. The molecule has 1 aromatic carbocycles. The predicted molar refractivity (Wildman–Crippen MR) is 116 cm³/mol. The summed E-state index contributed by atoms with van der Waals surface area (Å²) in [6.45, 7) is 3.09. The van der Waals surface area contributed by atoms with Crippen LogP contribution in [0.25, 0.3) is 10.1 Å². The third-order valence-corrected chi connectivity index (χ3v) is 7.80. The van der Waals surface area contributed by atoms with E-state index in [4.69, 9.17) is 34.8 Å².